The van der Waals surface area contributed by atoms with Crippen molar-refractivity contribution < 1.29 is 24.3 Å². The minimum Gasteiger partial charge on any atom is -0.454 e. The van der Waals surface area contributed by atoms with Crippen LogP contribution in [0.25, 0.3) is 0 Å². The first-order valence-corrected chi connectivity index (χ1v) is 9.62. The van der Waals surface area contributed by atoms with Crippen molar-refractivity contribution >= 4 is 11.6 Å². The van der Waals surface area contributed by atoms with Crippen LogP contribution in [0.5, 0.6) is 11.5 Å². The van der Waals surface area contributed by atoms with E-state index < -0.39 is 5.60 Å². The van der Waals surface area contributed by atoms with Gasteiger partial charge in [-0.05, 0) is 31.5 Å². The number of carbonyl (C=O) groups is 1. The Balaban J connectivity index is 1.35. The number of benzene rings is 1. The molecule has 8 heteroatoms. The first-order valence-electron chi connectivity index (χ1n) is 9.62. The third-order valence-corrected chi connectivity index (χ3v) is 5.88. The topological polar surface area (TPSA) is 90.1 Å². The lowest BCUT2D eigenvalue weighted by atomic mass is 9.84. The molecule has 0 spiro atoms. The lowest BCUT2D eigenvalue weighted by Gasteiger charge is -2.36. The van der Waals surface area contributed by atoms with Gasteiger partial charge in [-0.25, -0.2) is 0 Å². The summed E-state index contributed by atoms with van der Waals surface area (Å²) in [4.78, 5) is 13.7. The minimum absolute atomic E-state index is 0.0253. The van der Waals surface area contributed by atoms with Gasteiger partial charge in [-0.1, -0.05) is 6.07 Å². The molecule has 4 rings (SSSR count). The van der Waals surface area contributed by atoms with Crippen molar-refractivity contribution in [1.82, 2.24) is 9.78 Å². The number of carbonyl (C=O) groups excluding carboxylic acids is 1. The Morgan fingerprint density at radius 2 is 2.00 bits per heavy atom. The Morgan fingerprint density at radius 1 is 1.29 bits per heavy atom. The van der Waals surface area contributed by atoms with Gasteiger partial charge < -0.3 is 24.8 Å². The van der Waals surface area contributed by atoms with Crippen LogP contribution in [0.2, 0.25) is 0 Å². The van der Waals surface area contributed by atoms with Gasteiger partial charge in [0.25, 0.3) is 5.91 Å². The molecule has 0 radical (unpaired) electrons. The Bertz CT molecular complexity index is 900. The van der Waals surface area contributed by atoms with Crippen molar-refractivity contribution in [2.75, 3.05) is 31.7 Å². The Kier molecular flexibility index (Phi) is 4.76. The summed E-state index contributed by atoms with van der Waals surface area (Å²) < 4.78 is 12.5. The molecule has 0 unspecified atom stereocenters. The number of amides is 1. The summed E-state index contributed by atoms with van der Waals surface area (Å²) in [6, 6.07) is 5.62. The molecular weight excluding hydrogens is 360 g/mol. The van der Waals surface area contributed by atoms with Gasteiger partial charge in [-0.2, -0.15) is 5.10 Å². The molecule has 28 heavy (non-hydrogen) atoms. The highest BCUT2D eigenvalue weighted by Gasteiger charge is 2.37. The fourth-order valence-corrected chi connectivity index (χ4v) is 4.03. The summed E-state index contributed by atoms with van der Waals surface area (Å²) in [5.74, 6) is 1.37. The number of piperidine rings is 1. The van der Waals surface area contributed by atoms with Gasteiger partial charge in [0.15, 0.2) is 18.0 Å². The molecule has 1 amide bonds. The molecule has 2 aliphatic rings. The zero-order valence-corrected chi connectivity index (χ0v) is 16.5. The van der Waals surface area contributed by atoms with Gasteiger partial charge in [0.1, 0.15) is 5.60 Å². The zero-order valence-electron chi connectivity index (χ0n) is 16.5. The first-order chi connectivity index (χ1) is 13.4. The van der Waals surface area contributed by atoms with Crippen LogP contribution in [0.3, 0.4) is 0 Å². The number of aryl methyl sites for hydroxylation is 2. The molecule has 1 saturated heterocycles. The SMILES string of the molecule is Cc1nn(C)c(C)c1NC(=O)C[NH+]1CCC(O)(c2ccc3c(c2)OCO3)CC1. The van der Waals surface area contributed by atoms with Gasteiger partial charge in [0, 0.05) is 19.9 Å². The molecule has 1 aromatic heterocycles. The predicted molar refractivity (Wildman–Crippen MR) is 103 cm³/mol. The van der Waals surface area contributed by atoms with E-state index in [1.54, 1.807) is 4.68 Å². The molecule has 150 valence electrons. The molecule has 0 atom stereocenters. The van der Waals surface area contributed by atoms with Crippen LogP contribution < -0.4 is 19.7 Å². The van der Waals surface area contributed by atoms with Gasteiger partial charge in [-0.15, -0.1) is 0 Å². The number of likely N-dealkylation sites (tertiary alicyclic amines) is 1. The summed E-state index contributed by atoms with van der Waals surface area (Å²) in [6.45, 7) is 5.88. The summed E-state index contributed by atoms with van der Waals surface area (Å²) in [6.07, 6.45) is 1.19. The Labute approximate surface area is 164 Å². The van der Waals surface area contributed by atoms with E-state index in [0.29, 0.717) is 30.9 Å². The second-order valence-corrected chi connectivity index (χ2v) is 7.74. The van der Waals surface area contributed by atoms with Crippen LogP contribution in [0, 0.1) is 13.8 Å². The molecule has 1 aromatic carbocycles. The molecule has 0 bridgehead atoms. The summed E-state index contributed by atoms with van der Waals surface area (Å²) in [7, 11) is 1.87. The Hall–Kier alpha value is -2.58. The van der Waals surface area contributed by atoms with E-state index in [-0.39, 0.29) is 12.7 Å². The van der Waals surface area contributed by atoms with Crippen molar-refractivity contribution in [3.05, 3.63) is 35.2 Å². The van der Waals surface area contributed by atoms with Crippen LogP contribution in [0.4, 0.5) is 5.69 Å². The molecule has 2 aromatic rings. The van der Waals surface area contributed by atoms with Gasteiger partial charge in [-0.3, -0.25) is 9.48 Å². The maximum absolute atomic E-state index is 12.5. The third-order valence-electron chi connectivity index (χ3n) is 5.88. The second-order valence-electron chi connectivity index (χ2n) is 7.74. The van der Waals surface area contributed by atoms with Crippen LogP contribution in [0.1, 0.15) is 29.8 Å². The van der Waals surface area contributed by atoms with Crippen molar-refractivity contribution in [3.8, 4) is 11.5 Å². The van der Waals surface area contributed by atoms with Crippen LogP contribution in [0.15, 0.2) is 18.2 Å². The normalized spacial score (nSPS) is 23.6. The van der Waals surface area contributed by atoms with E-state index >= 15 is 0 Å². The van der Waals surface area contributed by atoms with Gasteiger partial charge >= 0.3 is 0 Å². The van der Waals surface area contributed by atoms with Gasteiger partial charge in [0.05, 0.1) is 30.2 Å². The molecule has 0 saturated carbocycles. The number of anilines is 1. The van der Waals surface area contributed by atoms with Gasteiger partial charge in [0.2, 0.25) is 6.79 Å². The standard InChI is InChI=1S/C20H26N4O4/c1-13-19(14(2)23(3)22-13)21-18(25)11-24-8-6-20(26,7-9-24)15-4-5-16-17(10-15)28-12-27-16/h4-5,10,26H,6-9,11-12H2,1-3H3,(H,21,25)/p+1. The molecule has 1 fully saturated rings. The number of nitrogens with one attached hydrogen (secondary N) is 2. The van der Waals surface area contributed by atoms with E-state index in [2.05, 4.69) is 10.4 Å². The molecule has 3 heterocycles. The molecular formula is C20H27N4O4+. The number of aromatic nitrogens is 2. The zero-order chi connectivity index (χ0) is 19.9. The fraction of sp³-hybridized carbons (Fsp3) is 0.500. The van der Waals surface area contributed by atoms with Crippen molar-refractivity contribution in [2.24, 2.45) is 7.05 Å². The average Bonchev–Trinajstić information content (AvgIpc) is 3.23. The van der Waals surface area contributed by atoms with Crippen LogP contribution in [-0.4, -0.2) is 47.2 Å². The highest BCUT2D eigenvalue weighted by atomic mass is 16.7. The number of hydrogen-bond acceptors (Lipinski definition) is 5. The summed E-state index contributed by atoms with van der Waals surface area (Å²) >= 11 is 0. The number of aliphatic hydroxyl groups is 1. The third kappa shape index (κ3) is 3.45. The quantitative estimate of drug-likeness (QED) is 0.701. The average molecular weight is 387 g/mol. The second kappa shape index (κ2) is 7.10. The van der Waals surface area contributed by atoms with Crippen molar-refractivity contribution in [3.63, 3.8) is 0 Å². The monoisotopic (exact) mass is 387 g/mol. The van der Waals surface area contributed by atoms with Crippen LogP contribution in [-0.2, 0) is 17.4 Å². The smallest absolute Gasteiger partial charge is 0.279 e. The molecule has 2 aliphatic heterocycles. The number of hydrogen-bond donors (Lipinski definition) is 3. The number of fused-ring (bicyclic) bond motifs is 1. The van der Waals surface area contributed by atoms with E-state index in [4.69, 9.17) is 9.47 Å². The number of rotatable bonds is 4. The number of nitrogens with zero attached hydrogens (tertiary/aromatic N) is 2. The highest BCUT2D eigenvalue weighted by molar-refractivity contribution is 5.92. The van der Waals surface area contributed by atoms with Crippen molar-refractivity contribution in [1.29, 1.82) is 0 Å². The Morgan fingerprint density at radius 3 is 2.68 bits per heavy atom. The summed E-state index contributed by atoms with van der Waals surface area (Å²) in [5.41, 5.74) is 2.51. The fourth-order valence-electron chi connectivity index (χ4n) is 4.03. The largest absolute Gasteiger partial charge is 0.454 e. The maximum atomic E-state index is 12.5. The predicted octanol–water partition coefficient (Wildman–Crippen LogP) is 0.271. The lowest BCUT2D eigenvalue weighted by molar-refractivity contribution is -0.899. The summed E-state index contributed by atoms with van der Waals surface area (Å²) in [5, 5.41) is 18.4. The maximum Gasteiger partial charge on any atom is 0.279 e. The first kappa shape index (κ1) is 18.8. The van der Waals surface area contributed by atoms with E-state index in [9.17, 15) is 9.90 Å². The molecule has 0 aliphatic carbocycles. The highest BCUT2D eigenvalue weighted by Crippen LogP contribution is 2.38. The number of quaternary nitrogens is 1. The van der Waals surface area contributed by atoms with Crippen LogP contribution >= 0.6 is 0 Å². The molecule has 8 nitrogen and oxygen atoms in total. The number of ether oxygens (including phenoxy) is 2. The van der Waals surface area contributed by atoms with E-state index in [1.807, 2.05) is 39.1 Å². The lowest BCUT2D eigenvalue weighted by Crippen LogP contribution is -3.14. The van der Waals surface area contributed by atoms with E-state index in [0.717, 1.165) is 35.7 Å². The van der Waals surface area contributed by atoms with E-state index in [1.165, 1.54) is 4.90 Å². The molecule has 3 N–H and O–H groups in total. The van der Waals surface area contributed by atoms with Crippen molar-refractivity contribution in [2.45, 2.75) is 32.3 Å². The minimum atomic E-state index is -0.891.